The number of anilines is 1. The van der Waals surface area contributed by atoms with Crippen molar-refractivity contribution in [1.29, 1.82) is 0 Å². The lowest BCUT2D eigenvalue weighted by atomic mass is 10.2. The number of hydrogen-bond donors (Lipinski definition) is 1. The molecule has 1 aliphatic rings. The Balaban J connectivity index is 1.67. The highest BCUT2D eigenvalue weighted by Crippen LogP contribution is 2.36. The van der Waals surface area contributed by atoms with Gasteiger partial charge in [-0.2, -0.15) is 0 Å². The Kier molecular flexibility index (Phi) is 5.50. The molecular formula is C17H23N5OS. The van der Waals surface area contributed by atoms with Crippen LogP contribution in [0.5, 0.6) is 0 Å². The number of aromatic nitrogens is 4. The normalized spacial score (nSPS) is 15.2. The largest absolute Gasteiger partial charge is 0.325 e. The van der Waals surface area contributed by atoms with Gasteiger partial charge in [-0.1, -0.05) is 25.5 Å². The van der Waals surface area contributed by atoms with E-state index in [1.54, 1.807) is 11.8 Å². The fourth-order valence-electron chi connectivity index (χ4n) is 2.41. The molecule has 7 heteroatoms. The van der Waals surface area contributed by atoms with Crippen LogP contribution >= 0.6 is 11.8 Å². The topological polar surface area (TPSA) is 72.7 Å². The van der Waals surface area contributed by atoms with Gasteiger partial charge in [-0.25, -0.2) is 4.68 Å². The third kappa shape index (κ3) is 4.14. The van der Waals surface area contributed by atoms with Crippen molar-refractivity contribution < 1.29 is 4.79 Å². The standard InChI is InChI=1S/C17H23N5OS/c1-3-4-10-24-12(2)17(23)18-14-7-5-6-13(11-14)16-19-20-21-22(16)15-8-9-15/h5-7,11-12,15H,3-4,8-10H2,1-2H3,(H,18,23). The Labute approximate surface area is 146 Å². The van der Waals surface area contributed by atoms with E-state index >= 15 is 0 Å². The zero-order valence-electron chi connectivity index (χ0n) is 14.1. The first kappa shape index (κ1) is 17.0. The summed E-state index contributed by atoms with van der Waals surface area (Å²) in [5, 5.41) is 15.0. The monoisotopic (exact) mass is 345 g/mol. The molecule has 128 valence electrons. The first-order valence-electron chi connectivity index (χ1n) is 8.49. The van der Waals surface area contributed by atoms with Crippen LogP contribution in [0.15, 0.2) is 24.3 Å². The zero-order valence-corrected chi connectivity index (χ0v) is 14.9. The van der Waals surface area contributed by atoms with E-state index in [-0.39, 0.29) is 11.2 Å². The quantitative estimate of drug-likeness (QED) is 0.741. The van der Waals surface area contributed by atoms with E-state index < -0.39 is 0 Å². The van der Waals surface area contributed by atoms with Gasteiger partial charge < -0.3 is 5.32 Å². The molecule has 1 fully saturated rings. The van der Waals surface area contributed by atoms with Crippen LogP contribution in [0.4, 0.5) is 5.69 Å². The van der Waals surface area contributed by atoms with Gasteiger partial charge in [0.05, 0.1) is 11.3 Å². The molecule has 1 aliphatic carbocycles. The molecule has 2 aromatic rings. The predicted octanol–water partition coefficient (Wildman–Crippen LogP) is 3.54. The summed E-state index contributed by atoms with van der Waals surface area (Å²) < 4.78 is 1.88. The maximum Gasteiger partial charge on any atom is 0.237 e. The molecule has 24 heavy (non-hydrogen) atoms. The van der Waals surface area contributed by atoms with Crippen LogP contribution in [-0.4, -0.2) is 37.1 Å². The lowest BCUT2D eigenvalue weighted by molar-refractivity contribution is -0.115. The van der Waals surface area contributed by atoms with Gasteiger partial charge in [-0.05, 0) is 54.5 Å². The van der Waals surface area contributed by atoms with Crippen LogP contribution in [0, 0.1) is 0 Å². The van der Waals surface area contributed by atoms with Gasteiger partial charge >= 0.3 is 0 Å². The van der Waals surface area contributed by atoms with E-state index in [0.29, 0.717) is 6.04 Å². The van der Waals surface area contributed by atoms with Gasteiger partial charge in [0.2, 0.25) is 5.91 Å². The molecule has 1 aromatic heterocycles. The summed E-state index contributed by atoms with van der Waals surface area (Å²) in [6, 6.07) is 8.15. The van der Waals surface area contributed by atoms with Gasteiger partial charge in [0.25, 0.3) is 0 Å². The lowest BCUT2D eigenvalue weighted by Gasteiger charge is -2.12. The molecule has 0 aliphatic heterocycles. The number of carbonyl (C=O) groups is 1. The van der Waals surface area contributed by atoms with Crippen LogP contribution in [0.3, 0.4) is 0 Å². The number of tetrazole rings is 1. The van der Waals surface area contributed by atoms with Crippen molar-refractivity contribution in [2.45, 2.75) is 50.8 Å². The van der Waals surface area contributed by atoms with E-state index in [9.17, 15) is 4.79 Å². The molecule has 1 saturated carbocycles. The van der Waals surface area contributed by atoms with E-state index in [4.69, 9.17) is 0 Å². The molecule has 1 atom stereocenters. The highest BCUT2D eigenvalue weighted by molar-refractivity contribution is 8.00. The summed E-state index contributed by atoms with van der Waals surface area (Å²) in [6.45, 7) is 4.11. The van der Waals surface area contributed by atoms with Gasteiger partial charge in [0, 0.05) is 11.3 Å². The number of rotatable bonds is 8. The fourth-order valence-corrected chi connectivity index (χ4v) is 3.43. The minimum absolute atomic E-state index is 0.0371. The number of carbonyl (C=O) groups excluding carboxylic acids is 1. The summed E-state index contributed by atoms with van der Waals surface area (Å²) in [4.78, 5) is 12.3. The lowest BCUT2D eigenvalue weighted by Crippen LogP contribution is -2.22. The number of nitrogens with zero attached hydrogens (tertiary/aromatic N) is 4. The number of benzene rings is 1. The van der Waals surface area contributed by atoms with Crippen LogP contribution in [-0.2, 0) is 4.79 Å². The Hall–Kier alpha value is -1.89. The van der Waals surface area contributed by atoms with Crippen LogP contribution < -0.4 is 5.32 Å². The number of nitrogens with one attached hydrogen (secondary N) is 1. The Bertz CT molecular complexity index is 698. The van der Waals surface area contributed by atoms with Crippen LogP contribution in [0.25, 0.3) is 11.4 Å². The van der Waals surface area contributed by atoms with Crippen molar-refractivity contribution in [2.24, 2.45) is 0 Å². The molecule has 1 unspecified atom stereocenters. The highest BCUT2D eigenvalue weighted by Gasteiger charge is 2.28. The van der Waals surface area contributed by atoms with Crippen molar-refractivity contribution in [3.05, 3.63) is 24.3 Å². The third-order valence-electron chi connectivity index (χ3n) is 4.01. The molecule has 3 rings (SSSR count). The number of amides is 1. The smallest absolute Gasteiger partial charge is 0.237 e. The average molecular weight is 345 g/mol. The number of hydrogen-bond acceptors (Lipinski definition) is 5. The van der Waals surface area contributed by atoms with E-state index in [1.165, 1.54) is 0 Å². The minimum Gasteiger partial charge on any atom is -0.325 e. The molecule has 0 saturated heterocycles. The van der Waals surface area contributed by atoms with Crippen LogP contribution in [0.2, 0.25) is 0 Å². The Morgan fingerprint density at radius 2 is 2.29 bits per heavy atom. The second-order valence-electron chi connectivity index (χ2n) is 6.11. The van der Waals surface area contributed by atoms with Gasteiger partial charge in [0.15, 0.2) is 5.82 Å². The van der Waals surface area contributed by atoms with Crippen LogP contribution in [0.1, 0.15) is 45.6 Å². The third-order valence-corrected chi connectivity index (χ3v) is 5.25. The second kappa shape index (κ2) is 7.79. The van der Waals surface area contributed by atoms with Crippen molar-refractivity contribution >= 4 is 23.4 Å². The SMILES string of the molecule is CCCCSC(C)C(=O)Nc1cccc(-c2nnnn2C2CC2)c1. The highest BCUT2D eigenvalue weighted by atomic mass is 32.2. The van der Waals surface area contributed by atoms with E-state index in [0.717, 1.165) is 48.5 Å². The van der Waals surface area contributed by atoms with Gasteiger partial charge in [-0.15, -0.1) is 16.9 Å². The minimum atomic E-state index is -0.0583. The molecule has 0 spiro atoms. The first-order valence-corrected chi connectivity index (χ1v) is 9.54. The zero-order chi connectivity index (χ0) is 16.9. The van der Waals surface area contributed by atoms with Crippen molar-refractivity contribution in [1.82, 2.24) is 20.2 Å². The molecule has 6 nitrogen and oxygen atoms in total. The van der Waals surface area contributed by atoms with Crippen molar-refractivity contribution in [3.63, 3.8) is 0 Å². The summed E-state index contributed by atoms with van der Waals surface area (Å²) in [5.41, 5.74) is 1.71. The second-order valence-corrected chi connectivity index (χ2v) is 7.56. The summed E-state index contributed by atoms with van der Waals surface area (Å²) >= 11 is 1.70. The molecule has 1 heterocycles. The predicted molar refractivity (Wildman–Crippen MR) is 97.0 cm³/mol. The summed E-state index contributed by atoms with van der Waals surface area (Å²) in [7, 11) is 0. The number of unbranched alkanes of at least 4 members (excludes halogenated alkanes) is 1. The van der Waals surface area contributed by atoms with E-state index in [1.807, 2.05) is 35.9 Å². The van der Waals surface area contributed by atoms with Gasteiger partial charge in [-0.3, -0.25) is 4.79 Å². The molecule has 1 N–H and O–H groups in total. The summed E-state index contributed by atoms with van der Waals surface area (Å²) in [5.74, 6) is 1.82. The molecular weight excluding hydrogens is 322 g/mol. The molecule has 1 amide bonds. The molecule has 0 bridgehead atoms. The Morgan fingerprint density at radius 1 is 1.46 bits per heavy atom. The fraction of sp³-hybridized carbons (Fsp3) is 0.529. The maximum atomic E-state index is 12.3. The number of thioether (sulfide) groups is 1. The maximum absolute atomic E-state index is 12.3. The van der Waals surface area contributed by atoms with Gasteiger partial charge in [0.1, 0.15) is 0 Å². The first-order chi connectivity index (χ1) is 11.7. The summed E-state index contributed by atoms with van der Waals surface area (Å²) in [6.07, 6.45) is 4.54. The van der Waals surface area contributed by atoms with E-state index in [2.05, 4.69) is 27.8 Å². The average Bonchev–Trinajstić information content (AvgIpc) is 3.32. The van der Waals surface area contributed by atoms with Crippen molar-refractivity contribution in [3.8, 4) is 11.4 Å². The van der Waals surface area contributed by atoms with Crippen molar-refractivity contribution in [2.75, 3.05) is 11.1 Å². The molecule has 0 radical (unpaired) electrons. The Morgan fingerprint density at radius 3 is 3.04 bits per heavy atom. The molecule has 1 aromatic carbocycles.